The van der Waals surface area contributed by atoms with Crippen molar-refractivity contribution >= 4 is 11.9 Å². The molecule has 0 radical (unpaired) electrons. The summed E-state index contributed by atoms with van der Waals surface area (Å²) in [7, 11) is 0. The maximum atomic E-state index is 11.7. The van der Waals surface area contributed by atoms with E-state index in [1.807, 2.05) is 30.9 Å². The molecule has 1 N–H and O–H groups in total. The first-order valence-electron chi connectivity index (χ1n) is 7.24. The molecule has 1 atom stereocenters. The molecule has 0 bridgehead atoms. The summed E-state index contributed by atoms with van der Waals surface area (Å²) >= 11 is 0. The monoisotopic (exact) mass is 291 g/mol. The second kappa shape index (κ2) is 6.72. The molecular formula is C16H21NO4. The first-order valence-corrected chi connectivity index (χ1v) is 7.24. The summed E-state index contributed by atoms with van der Waals surface area (Å²) in [5, 5.41) is 9.16. The number of benzene rings is 1. The Morgan fingerprint density at radius 3 is 2.57 bits per heavy atom. The van der Waals surface area contributed by atoms with Crippen molar-refractivity contribution in [3.05, 3.63) is 35.4 Å². The fraction of sp³-hybridized carbons (Fsp3) is 0.500. The van der Waals surface area contributed by atoms with Crippen LogP contribution < -0.4 is 0 Å². The molecule has 0 spiro atoms. The minimum Gasteiger partial charge on any atom is -0.480 e. The number of hydrogen-bond donors (Lipinski definition) is 1. The number of carbonyl (C=O) groups excluding carboxylic acids is 1. The van der Waals surface area contributed by atoms with Crippen LogP contribution in [-0.4, -0.2) is 40.6 Å². The number of nitrogens with zero attached hydrogens (tertiary/aromatic N) is 1. The minimum absolute atomic E-state index is 0.141. The Balaban J connectivity index is 1.99. The number of carboxylic acid groups (broad SMARTS) is 1. The average molecular weight is 291 g/mol. The molecule has 1 fully saturated rings. The van der Waals surface area contributed by atoms with Crippen LogP contribution in [0.5, 0.6) is 0 Å². The summed E-state index contributed by atoms with van der Waals surface area (Å²) in [6, 6.07) is 6.77. The molecule has 1 aliphatic rings. The molecule has 1 aromatic carbocycles. The van der Waals surface area contributed by atoms with Gasteiger partial charge in [0.15, 0.2) is 0 Å². The quantitative estimate of drug-likeness (QED) is 0.843. The predicted molar refractivity (Wildman–Crippen MR) is 78.1 cm³/mol. The SMILES string of the molecule is CC(C)OC(=O)c1ccc(CN2CCCC2C(=O)O)cc1. The fourth-order valence-electron chi connectivity index (χ4n) is 2.56. The molecule has 0 amide bonds. The van der Waals surface area contributed by atoms with Gasteiger partial charge in [-0.3, -0.25) is 9.69 Å². The smallest absolute Gasteiger partial charge is 0.338 e. The van der Waals surface area contributed by atoms with Gasteiger partial charge in [0.25, 0.3) is 0 Å². The van der Waals surface area contributed by atoms with Gasteiger partial charge < -0.3 is 9.84 Å². The lowest BCUT2D eigenvalue weighted by molar-refractivity contribution is -0.142. The van der Waals surface area contributed by atoms with E-state index in [-0.39, 0.29) is 12.1 Å². The largest absolute Gasteiger partial charge is 0.480 e. The van der Waals surface area contributed by atoms with E-state index in [1.54, 1.807) is 12.1 Å². The summed E-state index contributed by atoms with van der Waals surface area (Å²) in [4.78, 5) is 24.8. The van der Waals surface area contributed by atoms with Crippen LogP contribution in [0.15, 0.2) is 24.3 Å². The van der Waals surface area contributed by atoms with E-state index >= 15 is 0 Å². The normalized spacial score (nSPS) is 18.9. The number of carbonyl (C=O) groups is 2. The van der Waals surface area contributed by atoms with Gasteiger partial charge in [-0.1, -0.05) is 12.1 Å². The van der Waals surface area contributed by atoms with Crippen molar-refractivity contribution in [1.82, 2.24) is 4.90 Å². The summed E-state index contributed by atoms with van der Waals surface area (Å²) in [6.45, 7) is 5.02. The third-order valence-electron chi connectivity index (χ3n) is 3.57. The lowest BCUT2D eigenvalue weighted by Gasteiger charge is -2.21. The molecule has 1 saturated heterocycles. The van der Waals surface area contributed by atoms with Crippen molar-refractivity contribution in [3.8, 4) is 0 Å². The molecule has 21 heavy (non-hydrogen) atoms. The molecule has 0 saturated carbocycles. The van der Waals surface area contributed by atoms with Gasteiger partial charge in [-0.15, -0.1) is 0 Å². The zero-order chi connectivity index (χ0) is 15.4. The van der Waals surface area contributed by atoms with Crippen molar-refractivity contribution in [1.29, 1.82) is 0 Å². The Bertz CT molecular complexity index is 510. The molecule has 2 rings (SSSR count). The number of rotatable bonds is 5. The van der Waals surface area contributed by atoms with Crippen LogP contribution in [0.3, 0.4) is 0 Å². The van der Waals surface area contributed by atoms with E-state index in [0.717, 1.165) is 18.5 Å². The number of esters is 1. The summed E-state index contributed by atoms with van der Waals surface area (Å²) in [6.07, 6.45) is 1.47. The third kappa shape index (κ3) is 4.04. The molecule has 0 aliphatic carbocycles. The average Bonchev–Trinajstić information content (AvgIpc) is 2.87. The lowest BCUT2D eigenvalue weighted by atomic mass is 10.1. The molecule has 1 aliphatic heterocycles. The molecule has 1 unspecified atom stereocenters. The lowest BCUT2D eigenvalue weighted by Crippen LogP contribution is -2.35. The van der Waals surface area contributed by atoms with Crippen LogP contribution in [0.1, 0.15) is 42.6 Å². The van der Waals surface area contributed by atoms with Crippen LogP contribution in [0.25, 0.3) is 0 Å². The van der Waals surface area contributed by atoms with Gasteiger partial charge in [-0.05, 0) is 50.9 Å². The summed E-state index contributed by atoms with van der Waals surface area (Å²) in [5.74, 6) is -1.09. The fourth-order valence-corrected chi connectivity index (χ4v) is 2.56. The van der Waals surface area contributed by atoms with E-state index in [4.69, 9.17) is 9.84 Å². The predicted octanol–water partition coefficient (Wildman–Crippen LogP) is 2.30. The highest BCUT2D eigenvalue weighted by Crippen LogP contribution is 2.20. The second-order valence-electron chi connectivity index (χ2n) is 5.62. The van der Waals surface area contributed by atoms with Crippen LogP contribution in [0.2, 0.25) is 0 Å². The van der Waals surface area contributed by atoms with Crippen LogP contribution >= 0.6 is 0 Å². The topological polar surface area (TPSA) is 66.8 Å². The molecule has 1 aromatic rings. The van der Waals surface area contributed by atoms with Crippen molar-refractivity contribution in [2.75, 3.05) is 6.54 Å². The zero-order valence-corrected chi connectivity index (χ0v) is 12.4. The molecule has 114 valence electrons. The second-order valence-corrected chi connectivity index (χ2v) is 5.62. The molecule has 5 nitrogen and oxygen atoms in total. The van der Waals surface area contributed by atoms with E-state index < -0.39 is 12.0 Å². The number of aliphatic carboxylic acids is 1. The Hall–Kier alpha value is -1.88. The Morgan fingerprint density at radius 1 is 1.33 bits per heavy atom. The molecule has 5 heteroatoms. The number of ether oxygens (including phenoxy) is 1. The highest BCUT2D eigenvalue weighted by molar-refractivity contribution is 5.89. The minimum atomic E-state index is -0.760. The Labute approximate surface area is 124 Å². The third-order valence-corrected chi connectivity index (χ3v) is 3.57. The van der Waals surface area contributed by atoms with Crippen LogP contribution in [0.4, 0.5) is 0 Å². The van der Waals surface area contributed by atoms with Gasteiger partial charge in [0.1, 0.15) is 6.04 Å². The highest BCUT2D eigenvalue weighted by atomic mass is 16.5. The molecular weight excluding hydrogens is 270 g/mol. The highest BCUT2D eigenvalue weighted by Gasteiger charge is 2.30. The van der Waals surface area contributed by atoms with E-state index in [0.29, 0.717) is 18.5 Å². The van der Waals surface area contributed by atoms with Crippen molar-refractivity contribution in [2.24, 2.45) is 0 Å². The summed E-state index contributed by atoms with van der Waals surface area (Å²) < 4.78 is 5.13. The van der Waals surface area contributed by atoms with Crippen molar-refractivity contribution in [3.63, 3.8) is 0 Å². The van der Waals surface area contributed by atoms with Gasteiger partial charge in [-0.2, -0.15) is 0 Å². The first kappa shape index (κ1) is 15.5. The van der Waals surface area contributed by atoms with Gasteiger partial charge in [-0.25, -0.2) is 4.79 Å². The van der Waals surface area contributed by atoms with E-state index in [1.165, 1.54) is 0 Å². The first-order chi connectivity index (χ1) is 9.97. The maximum absolute atomic E-state index is 11.7. The summed E-state index contributed by atoms with van der Waals surface area (Å²) in [5.41, 5.74) is 1.52. The maximum Gasteiger partial charge on any atom is 0.338 e. The zero-order valence-electron chi connectivity index (χ0n) is 12.4. The van der Waals surface area contributed by atoms with Gasteiger partial charge in [0, 0.05) is 6.54 Å². The van der Waals surface area contributed by atoms with Gasteiger partial charge in [0.2, 0.25) is 0 Å². The Kier molecular flexibility index (Phi) is 4.96. The van der Waals surface area contributed by atoms with Gasteiger partial charge >= 0.3 is 11.9 Å². The number of likely N-dealkylation sites (tertiary alicyclic amines) is 1. The van der Waals surface area contributed by atoms with Gasteiger partial charge in [0.05, 0.1) is 11.7 Å². The standard InChI is InChI=1S/C16H21NO4/c1-11(2)21-16(20)13-7-5-12(6-8-13)10-17-9-3-4-14(17)15(18)19/h5-8,11,14H,3-4,9-10H2,1-2H3,(H,18,19). The Morgan fingerprint density at radius 2 is 2.00 bits per heavy atom. The number of carboxylic acids is 1. The van der Waals surface area contributed by atoms with Crippen LogP contribution in [0, 0.1) is 0 Å². The molecule has 1 heterocycles. The molecule has 0 aromatic heterocycles. The van der Waals surface area contributed by atoms with E-state index in [2.05, 4.69) is 0 Å². The number of hydrogen-bond acceptors (Lipinski definition) is 4. The van der Waals surface area contributed by atoms with E-state index in [9.17, 15) is 9.59 Å². The van der Waals surface area contributed by atoms with Crippen molar-refractivity contribution in [2.45, 2.75) is 45.4 Å². The van der Waals surface area contributed by atoms with Crippen LogP contribution in [-0.2, 0) is 16.1 Å². The van der Waals surface area contributed by atoms with Crippen molar-refractivity contribution < 1.29 is 19.4 Å².